The monoisotopic (exact) mass is 352 g/mol. The first kappa shape index (κ1) is 18.5. The van der Waals surface area contributed by atoms with Crippen LogP contribution in [0.3, 0.4) is 0 Å². The van der Waals surface area contributed by atoms with Gasteiger partial charge in [-0.2, -0.15) is 0 Å². The van der Waals surface area contributed by atoms with Crippen LogP contribution in [0.1, 0.15) is 23.6 Å². The number of piperazine rings is 1. The van der Waals surface area contributed by atoms with Gasteiger partial charge in [0.2, 0.25) is 5.91 Å². The van der Waals surface area contributed by atoms with Crippen LogP contribution in [0.2, 0.25) is 0 Å². The maximum atomic E-state index is 12.8. The number of benzene rings is 2. The van der Waals surface area contributed by atoms with E-state index in [2.05, 4.69) is 61.6 Å². The minimum atomic E-state index is -0.201. The van der Waals surface area contributed by atoms with Crippen LogP contribution in [0.25, 0.3) is 0 Å². The first-order valence-electron chi connectivity index (χ1n) is 9.53. The lowest BCUT2D eigenvalue weighted by molar-refractivity contribution is -0.917. The van der Waals surface area contributed by atoms with E-state index in [1.807, 2.05) is 17.9 Å². The van der Waals surface area contributed by atoms with E-state index in [4.69, 9.17) is 0 Å². The molecule has 1 fully saturated rings. The van der Waals surface area contributed by atoms with Gasteiger partial charge in [-0.1, -0.05) is 36.4 Å². The molecule has 0 aliphatic carbocycles. The normalized spacial score (nSPS) is 16.3. The van der Waals surface area contributed by atoms with Crippen LogP contribution in [0.4, 0.5) is 5.69 Å². The van der Waals surface area contributed by atoms with Crippen molar-refractivity contribution in [3.8, 4) is 0 Å². The number of hydrogen-bond donors (Lipinski definition) is 2. The number of amides is 1. The molecule has 0 bridgehead atoms. The van der Waals surface area contributed by atoms with E-state index in [0.717, 1.165) is 38.4 Å². The average Bonchev–Trinajstić information content (AvgIpc) is 2.65. The van der Waals surface area contributed by atoms with E-state index >= 15 is 0 Å². The molecule has 138 valence electrons. The molecule has 1 heterocycles. The summed E-state index contributed by atoms with van der Waals surface area (Å²) in [6.07, 6.45) is 0. The smallest absolute Gasteiger partial charge is 0.245 e. The first-order valence-corrected chi connectivity index (χ1v) is 9.53. The second kappa shape index (κ2) is 8.37. The molecule has 1 aliphatic heterocycles. The van der Waals surface area contributed by atoms with Crippen molar-refractivity contribution in [1.29, 1.82) is 0 Å². The number of nitrogens with zero attached hydrogens (tertiary/aromatic N) is 1. The lowest BCUT2D eigenvalue weighted by Crippen LogP contribution is -3.13. The third-order valence-corrected chi connectivity index (χ3v) is 5.34. The molecule has 0 radical (unpaired) electrons. The fraction of sp³-hybridized carbons (Fsp3) is 0.409. The van der Waals surface area contributed by atoms with E-state index in [0.29, 0.717) is 0 Å². The van der Waals surface area contributed by atoms with Gasteiger partial charge < -0.3 is 15.1 Å². The van der Waals surface area contributed by atoms with Gasteiger partial charge in [0.25, 0.3) is 0 Å². The summed E-state index contributed by atoms with van der Waals surface area (Å²) in [5, 5.41) is 3.36. The van der Waals surface area contributed by atoms with Crippen molar-refractivity contribution in [3.05, 3.63) is 65.2 Å². The zero-order valence-electron chi connectivity index (χ0n) is 16.1. The predicted molar refractivity (Wildman–Crippen MR) is 106 cm³/mol. The third-order valence-electron chi connectivity index (χ3n) is 5.34. The maximum absolute atomic E-state index is 12.8. The van der Waals surface area contributed by atoms with E-state index in [-0.39, 0.29) is 11.9 Å². The lowest BCUT2D eigenvalue weighted by atomic mass is 10.1. The molecule has 4 heteroatoms. The topological polar surface area (TPSA) is 36.8 Å². The van der Waals surface area contributed by atoms with Crippen LogP contribution in [-0.2, 0) is 11.3 Å². The summed E-state index contributed by atoms with van der Waals surface area (Å²) in [5.41, 5.74) is 4.90. The average molecular weight is 353 g/mol. The van der Waals surface area contributed by atoms with Crippen molar-refractivity contribution in [1.82, 2.24) is 4.90 Å². The molecule has 0 spiro atoms. The van der Waals surface area contributed by atoms with Crippen molar-refractivity contribution in [2.45, 2.75) is 33.4 Å². The summed E-state index contributed by atoms with van der Waals surface area (Å²) < 4.78 is 0. The fourth-order valence-electron chi connectivity index (χ4n) is 3.52. The van der Waals surface area contributed by atoms with Gasteiger partial charge in [-0.3, -0.25) is 4.79 Å². The number of quaternary nitrogens is 1. The Hall–Kier alpha value is -2.33. The van der Waals surface area contributed by atoms with Gasteiger partial charge in [0.1, 0.15) is 12.6 Å². The quantitative estimate of drug-likeness (QED) is 0.864. The highest BCUT2D eigenvalue weighted by molar-refractivity contribution is 5.84. The number of anilines is 1. The Labute approximate surface area is 156 Å². The minimum Gasteiger partial charge on any atom is -0.374 e. The molecule has 1 amide bonds. The van der Waals surface area contributed by atoms with Crippen molar-refractivity contribution in [2.24, 2.45) is 0 Å². The summed E-state index contributed by atoms with van der Waals surface area (Å²) in [5.74, 6) is 0.196. The zero-order chi connectivity index (χ0) is 18.5. The summed E-state index contributed by atoms with van der Waals surface area (Å²) in [6, 6.07) is 16.7. The Morgan fingerprint density at radius 3 is 2.42 bits per heavy atom. The molecule has 2 aromatic carbocycles. The Balaban J connectivity index is 1.50. The number of carbonyl (C=O) groups is 1. The van der Waals surface area contributed by atoms with Gasteiger partial charge in [0.05, 0.1) is 26.2 Å². The Kier molecular flexibility index (Phi) is 5.94. The van der Waals surface area contributed by atoms with E-state index < -0.39 is 0 Å². The van der Waals surface area contributed by atoms with Crippen LogP contribution in [-0.4, -0.2) is 43.0 Å². The van der Waals surface area contributed by atoms with Crippen LogP contribution in [0.5, 0.6) is 0 Å². The Morgan fingerprint density at radius 1 is 1.08 bits per heavy atom. The van der Waals surface area contributed by atoms with Gasteiger partial charge in [-0.25, -0.2) is 0 Å². The van der Waals surface area contributed by atoms with Gasteiger partial charge in [0.15, 0.2) is 0 Å². The maximum Gasteiger partial charge on any atom is 0.245 e. The molecule has 26 heavy (non-hydrogen) atoms. The molecule has 1 saturated heterocycles. The molecule has 0 saturated carbocycles. The highest BCUT2D eigenvalue weighted by Gasteiger charge is 2.26. The molecule has 4 nitrogen and oxygen atoms in total. The number of rotatable bonds is 5. The zero-order valence-corrected chi connectivity index (χ0v) is 16.1. The lowest BCUT2D eigenvalue weighted by Gasteiger charge is -2.34. The van der Waals surface area contributed by atoms with Crippen LogP contribution in [0, 0.1) is 13.8 Å². The SMILES string of the molecule is Cc1ccc(N[C@@H](C)C(=O)N2CC[NH+](Cc3ccccc3)CC2)cc1C. The standard InChI is InChI=1S/C22H29N3O/c1-17-9-10-21(15-18(17)2)23-19(3)22(26)25-13-11-24(12-14-25)16-20-7-5-4-6-8-20/h4-10,15,19,23H,11-14,16H2,1-3H3/p+1/t19-/m0/s1. The molecule has 0 unspecified atom stereocenters. The third kappa shape index (κ3) is 4.64. The molecule has 0 aromatic heterocycles. The first-order chi connectivity index (χ1) is 12.5. The Bertz CT molecular complexity index is 736. The minimum absolute atomic E-state index is 0.196. The highest BCUT2D eigenvalue weighted by Crippen LogP contribution is 2.15. The molecule has 2 N–H and O–H groups in total. The fourth-order valence-corrected chi connectivity index (χ4v) is 3.52. The van der Waals surface area contributed by atoms with E-state index in [1.54, 1.807) is 4.90 Å². The molecule has 2 aromatic rings. The highest BCUT2D eigenvalue weighted by atomic mass is 16.2. The van der Waals surface area contributed by atoms with Crippen LogP contribution < -0.4 is 10.2 Å². The summed E-state index contributed by atoms with van der Waals surface area (Å²) in [6.45, 7) is 10.9. The molecular formula is C22H30N3O+. The molecule has 1 atom stereocenters. The second-order valence-electron chi connectivity index (χ2n) is 7.40. The summed E-state index contributed by atoms with van der Waals surface area (Å²) in [7, 11) is 0. The van der Waals surface area contributed by atoms with Crippen molar-refractivity contribution >= 4 is 11.6 Å². The number of aryl methyl sites for hydroxylation is 2. The van der Waals surface area contributed by atoms with Gasteiger partial charge in [0, 0.05) is 11.3 Å². The van der Waals surface area contributed by atoms with Gasteiger partial charge in [-0.15, -0.1) is 0 Å². The van der Waals surface area contributed by atoms with Gasteiger partial charge in [-0.05, 0) is 44.0 Å². The molecule has 3 rings (SSSR count). The van der Waals surface area contributed by atoms with Crippen molar-refractivity contribution in [2.75, 3.05) is 31.5 Å². The number of carbonyl (C=O) groups excluding carboxylic acids is 1. The predicted octanol–water partition coefficient (Wildman–Crippen LogP) is 2.03. The van der Waals surface area contributed by atoms with Crippen molar-refractivity contribution < 1.29 is 9.69 Å². The van der Waals surface area contributed by atoms with E-state index in [1.165, 1.54) is 16.7 Å². The second-order valence-corrected chi connectivity index (χ2v) is 7.40. The number of nitrogens with one attached hydrogen (secondary N) is 2. The summed E-state index contributed by atoms with van der Waals surface area (Å²) >= 11 is 0. The van der Waals surface area contributed by atoms with Crippen molar-refractivity contribution in [3.63, 3.8) is 0 Å². The van der Waals surface area contributed by atoms with Gasteiger partial charge >= 0.3 is 0 Å². The number of hydrogen-bond acceptors (Lipinski definition) is 2. The van der Waals surface area contributed by atoms with Crippen LogP contribution >= 0.6 is 0 Å². The Morgan fingerprint density at radius 2 is 1.77 bits per heavy atom. The largest absolute Gasteiger partial charge is 0.374 e. The van der Waals surface area contributed by atoms with E-state index in [9.17, 15) is 4.79 Å². The molecular weight excluding hydrogens is 322 g/mol. The molecule has 1 aliphatic rings. The summed E-state index contributed by atoms with van der Waals surface area (Å²) in [4.78, 5) is 16.3. The van der Waals surface area contributed by atoms with Crippen LogP contribution in [0.15, 0.2) is 48.5 Å².